The van der Waals surface area contributed by atoms with E-state index in [0.717, 1.165) is 16.7 Å². The van der Waals surface area contributed by atoms with Crippen molar-refractivity contribution in [2.24, 2.45) is 5.73 Å². The zero-order valence-corrected chi connectivity index (χ0v) is 21.3. The third-order valence-corrected chi connectivity index (χ3v) is 6.89. The minimum Gasteiger partial charge on any atom is -0.469 e. The van der Waals surface area contributed by atoms with Crippen molar-refractivity contribution in [2.45, 2.75) is 56.1 Å². The zero-order valence-electron chi connectivity index (χ0n) is 21.3. The number of nitrogens with two attached hydrogens (primary N) is 1. The molecule has 200 valence electrons. The van der Waals surface area contributed by atoms with E-state index in [1.54, 1.807) is 0 Å². The number of carbonyl (C=O) groups excluding carboxylic acids is 1. The number of hydrogen-bond donors (Lipinski definition) is 1. The molecule has 1 unspecified atom stereocenters. The summed E-state index contributed by atoms with van der Waals surface area (Å²) >= 11 is 0. The first-order chi connectivity index (χ1) is 18.6. The van der Waals surface area contributed by atoms with Gasteiger partial charge in [-0.05, 0) is 11.1 Å². The molecule has 2 fully saturated rings. The van der Waals surface area contributed by atoms with Crippen molar-refractivity contribution in [1.29, 1.82) is 0 Å². The molecule has 2 aliphatic rings. The van der Waals surface area contributed by atoms with Gasteiger partial charge in [-0.25, -0.2) is 0 Å². The molecule has 6 atom stereocenters. The van der Waals surface area contributed by atoms with Crippen molar-refractivity contribution in [2.75, 3.05) is 13.7 Å². The maximum absolute atomic E-state index is 12.6. The number of benzene rings is 3. The first-order valence-electron chi connectivity index (χ1n) is 12.7. The van der Waals surface area contributed by atoms with Crippen LogP contribution in [0.5, 0.6) is 0 Å². The van der Waals surface area contributed by atoms with Crippen molar-refractivity contribution in [3.63, 3.8) is 0 Å². The van der Waals surface area contributed by atoms with Crippen LogP contribution in [0.3, 0.4) is 0 Å². The molecule has 0 amide bonds. The molecule has 0 saturated carbocycles. The maximum Gasteiger partial charge on any atom is 0.307 e. The molecule has 3 aromatic carbocycles. The second-order valence-corrected chi connectivity index (χ2v) is 9.56. The van der Waals surface area contributed by atoms with Gasteiger partial charge in [0, 0.05) is 5.56 Å². The predicted molar refractivity (Wildman–Crippen MR) is 138 cm³/mol. The Bertz CT molecular complexity index is 1160. The first-order valence-corrected chi connectivity index (χ1v) is 12.7. The number of ether oxygens (including phenoxy) is 6. The molecule has 2 saturated heterocycles. The van der Waals surface area contributed by atoms with E-state index >= 15 is 0 Å². The van der Waals surface area contributed by atoms with Crippen molar-refractivity contribution in [3.05, 3.63) is 108 Å². The summed E-state index contributed by atoms with van der Waals surface area (Å²) in [7, 11) is 1.33. The lowest BCUT2D eigenvalue weighted by atomic mass is 9.80. The SMILES string of the molecule is COC(=O)C[C@]1(N)[C@H](OCc2ccccc2)O[C@@H]2COC(c3ccccc3)O[C@H]2[C@@H]1OCc1ccccc1. The Hall–Kier alpha value is -3.11. The zero-order chi connectivity index (χ0) is 26.4. The third-order valence-electron chi connectivity index (χ3n) is 6.89. The van der Waals surface area contributed by atoms with Crippen molar-refractivity contribution >= 4 is 5.97 Å². The highest BCUT2D eigenvalue weighted by atomic mass is 16.8. The van der Waals surface area contributed by atoms with Crippen molar-refractivity contribution in [3.8, 4) is 0 Å². The van der Waals surface area contributed by atoms with Crippen LogP contribution in [-0.2, 0) is 46.4 Å². The van der Waals surface area contributed by atoms with E-state index in [9.17, 15) is 4.79 Å². The second-order valence-electron chi connectivity index (χ2n) is 9.56. The Morgan fingerprint density at radius 3 is 2.05 bits per heavy atom. The summed E-state index contributed by atoms with van der Waals surface area (Å²) in [5.41, 5.74) is 8.41. The highest BCUT2D eigenvalue weighted by Crippen LogP contribution is 2.41. The Labute approximate surface area is 222 Å². The van der Waals surface area contributed by atoms with Gasteiger partial charge in [-0.2, -0.15) is 0 Å². The average molecular weight is 520 g/mol. The molecule has 0 bridgehead atoms. The molecule has 8 heteroatoms. The minimum atomic E-state index is -1.41. The molecule has 3 aromatic rings. The quantitative estimate of drug-likeness (QED) is 0.425. The van der Waals surface area contributed by atoms with Crippen LogP contribution in [0.1, 0.15) is 29.4 Å². The standard InChI is InChI=1S/C30H33NO7/c1-33-25(32)17-30(31)27(34-18-21-11-5-2-6-12-21)26-24(20-35-28(38-26)23-15-9-4-10-16-23)37-29(30)36-19-22-13-7-3-8-14-22/h2-16,24,26-29H,17-20,31H2,1H3/t24-,26-,27+,28?,29-,30-/m1/s1. The molecule has 2 N–H and O–H groups in total. The van der Waals surface area contributed by atoms with Crippen molar-refractivity contribution in [1.82, 2.24) is 0 Å². The Kier molecular flexibility index (Phi) is 8.48. The first kappa shape index (κ1) is 26.5. The number of methoxy groups -OCH3 is 1. The Morgan fingerprint density at radius 2 is 1.45 bits per heavy atom. The number of hydrogen-bond acceptors (Lipinski definition) is 8. The van der Waals surface area contributed by atoms with Crippen LogP contribution in [0.15, 0.2) is 91.0 Å². The van der Waals surface area contributed by atoms with Crippen LogP contribution >= 0.6 is 0 Å². The molecule has 2 heterocycles. The van der Waals surface area contributed by atoms with Crippen LogP contribution in [-0.4, -0.2) is 49.8 Å². The van der Waals surface area contributed by atoms with E-state index in [1.165, 1.54) is 7.11 Å². The van der Waals surface area contributed by atoms with E-state index in [1.807, 2.05) is 91.0 Å². The van der Waals surface area contributed by atoms with Crippen molar-refractivity contribution < 1.29 is 33.2 Å². The van der Waals surface area contributed by atoms with E-state index in [0.29, 0.717) is 0 Å². The molecule has 2 aliphatic heterocycles. The number of fused-ring (bicyclic) bond motifs is 1. The lowest BCUT2D eigenvalue weighted by Gasteiger charge is -2.53. The average Bonchev–Trinajstić information content (AvgIpc) is 2.97. The third kappa shape index (κ3) is 5.96. The van der Waals surface area contributed by atoms with Gasteiger partial charge < -0.3 is 34.2 Å². The highest BCUT2D eigenvalue weighted by Gasteiger charge is 2.59. The Morgan fingerprint density at radius 1 is 0.868 bits per heavy atom. The summed E-state index contributed by atoms with van der Waals surface area (Å²) in [5, 5.41) is 0. The van der Waals surface area contributed by atoms with E-state index in [-0.39, 0.29) is 26.2 Å². The van der Waals surface area contributed by atoms with Crippen LogP contribution in [0, 0.1) is 0 Å². The summed E-state index contributed by atoms with van der Waals surface area (Å²) in [4.78, 5) is 12.6. The molecule has 5 rings (SSSR count). The minimum absolute atomic E-state index is 0.189. The smallest absolute Gasteiger partial charge is 0.307 e. The van der Waals surface area contributed by atoms with Gasteiger partial charge in [0.05, 0.1) is 33.4 Å². The summed E-state index contributed by atoms with van der Waals surface area (Å²) in [6, 6.07) is 29.1. The molecule has 0 aliphatic carbocycles. The molecule has 0 radical (unpaired) electrons. The fraction of sp³-hybridized carbons (Fsp3) is 0.367. The lowest BCUT2D eigenvalue weighted by molar-refractivity contribution is -0.364. The lowest BCUT2D eigenvalue weighted by Crippen LogP contribution is -2.74. The fourth-order valence-electron chi connectivity index (χ4n) is 4.90. The van der Waals surface area contributed by atoms with Gasteiger partial charge in [-0.1, -0.05) is 91.0 Å². The predicted octanol–water partition coefficient (Wildman–Crippen LogP) is 3.89. The fourth-order valence-corrected chi connectivity index (χ4v) is 4.90. The van der Waals surface area contributed by atoms with Crippen LogP contribution in [0.25, 0.3) is 0 Å². The molecule has 0 aromatic heterocycles. The number of carbonyl (C=O) groups is 1. The van der Waals surface area contributed by atoms with Crippen LogP contribution < -0.4 is 5.73 Å². The summed E-state index contributed by atoms with van der Waals surface area (Å²) < 4.78 is 36.6. The normalized spacial score (nSPS) is 28.8. The topological polar surface area (TPSA) is 98.5 Å². The summed E-state index contributed by atoms with van der Waals surface area (Å²) in [6.45, 7) is 0.748. The van der Waals surface area contributed by atoms with Gasteiger partial charge in [0.15, 0.2) is 12.6 Å². The number of rotatable bonds is 9. The van der Waals surface area contributed by atoms with Gasteiger partial charge in [0.25, 0.3) is 0 Å². The Balaban J connectivity index is 1.45. The van der Waals surface area contributed by atoms with Crippen LogP contribution in [0.2, 0.25) is 0 Å². The van der Waals surface area contributed by atoms with Gasteiger partial charge in [-0.3, -0.25) is 4.79 Å². The maximum atomic E-state index is 12.6. The second kappa shape index (κ2) is 12.2. The van der Waals surface area contributed by atoms with Gasteiger partial charge >= 0.3 is 5.97 Å². The van der Waals surface area contributed by atoms with E-state index in [2.05, 4.69) is 0 Å². The summed E-state index contributed by atoms with van der Waals surface area (Å²) in [5.74, 6) is -0.497. The molecule has 8 nitrogen and oxygen atoms in total. The largest absolute Gasteiger partial charge is 0.469 e. The highest BCUT2D eigenvalue weighted by molar-refractivity contribution is 5.71. The van der Waals surface area contributed by atoms with E-state index in [4.69, 9.17) is 34.2 Å². The van der Waals surface area contributed by atoms with Gasteiger partial charge in [0.2, 0.25) is 0 Å². The molecular weight excluding hydrogens is 486 g/mol. The van der Waals surface area contributed by atoms with Gasteiger partial charge in [-0.15, -0.1) is 0 Å². The molecule has 38 heavy (non-hydrogen) atoms. The summed E-state index contributed by atoms with van der Waals surface area (Å²) in [6.07, 6.45) is -3.71. The molecule has 0 spiro atoms. The molecular formula is C30H33NO7. The van der Waals surface area contributed by atoms with E-state index < -0.39 is 42.4 Å². The number of esters is 1. The van der Waals surface area contributed by atoms with Gasteiger partial charge in [0.1, 0.15) is 23.9 Å². The monoisotopic (exact) mass is 519 g/mol. The van der Waals surface area contributed by atoms with Crippen LogP contribution in [0.4, 0.5) is 0 Å².